The van der Waals surface area contributed by atoms with Gasteiger partial charge in [-0.3, -0.25) is 9.59 Å². The molecule has 3 rings (SSSR count). The molecule has 2 aromatic carbocycles. The molecular formula is C18H16F2N2O4. The molecular weight excluding hydrogens is 346 g/mol. The molecule has 1 atom stereocenters. The Balaban J connectivity index is 1.94. The minimum Gasteiger partial charge on any atom is -0.477 e. The SMILES string of the molecule is CNC(=O)C1CN(C(=O)c2cccc(OC(F)F)c2)c2ccccc2O1. The van der Waals surface area contributed by atoms with Gasteiger partial charge in [-0.2, -0.15) is 8.78 Å². The molecule has 1 aliphatic rings. The lowest BCUT2D eigenvalue weighted by Gasteiger charge is -2.34. The van der Waals surface area contributed by atoms with Crippen LogP contribution in [0.4, 0.5) is 14.5 Å². The van der Waals surface area contributed by atoms with Gasteiger partial charge in [0.15, 0.2) is 6.10 Å². The van der Waals surface area contributed by atoms with Crippen LogP contribution in [0.5, 0.6) is 11.5 Å². The number of hydrogen-bond donors (Lipinski definition) is 1. The van der Waals surface area contributed by atoms with Crippen LogP contribution in [-0.2, 0) is 4.79 Å². The molecule has 26 heavy (non-hydrogen) atoms. The number of hydrogen-bond acceptors (Lipinski definition) is 4. The average Bonchev–Trinajstić information content (AvgIpc) is 2.65. The molecule has 6 nitrogen and oxygen atoms in total. The zero-order valence-electron chi connectivity index (χ0n) is 13.8. The molecule has 1 heterocycles. The molecule has 0 saturated heterocycles. The number of halogens is 2. The van der Waals surface area contributed by atoms with Crippen LogP contribution >= 0.6 is 0 Å². The first-order valence-electron chi connectivity index (χ1n) is 7.83. The number of alkyl halides is 2. The number of carbonyl (C=O) groups excluding carboxylic acids is 2. The lowest BCUT2D eigenvalue weighted by molar-refractivity contribution is -0.127. The number of fused-ring (bicyclic) bond motifs is 1. The summed E-state index contributed by atoms with van der Waals surface area (Å²) in [7, 11) is 1.48. The number of amides is 2. The number of para-hydroxylation sites is 2. The summed E-state index contributed by atoms with van der Waals surface area (Å²) in [5.74, 6) is -0.544. The summed E-state index contributed by atoms with van der Waals surface area (Å²) in [5, 5.41) is 2.49. The van der Waals surface area contributed by atoms with Crippen molar-refractivity contribution >= 4 is 17.5 Å². The van der Waals surface area contributed by atoms with Gasteiger partial charge in [0, 0.05) is 12.6 Å². The van der Waals surface area contributed by atoms with E-state index >= 15 is 0 Å². The predicted molar refractivity (Wildman–Crippen MR) is 89.7 cm³/mol. The van der Waals surface area contributed by atoms with E-state index in [0.29, 0.717) is 11.4 Å². The second-order valence-corrected chi connectivity index (χ2v) is 5.51. The molecule has 8 heteroatoms. The van der Waals surface area contributed by atoms with E-state index in [2.05, 4.69) is 10.1 Å². The van der Waals surface area contributed by atoms with Crippen molar-refractivity contribution in [2.45, 2.75) is 12.7 Å². The van der Waals surface area contributed by atoms with Gasteiger partial charge in [0.05, 0.1) is 12.2 Å². The highest BCUT2D eigenvalue weighted by atomic mass is 19.3. The molecule has 2 amide bonds. The largest absolute Gasteiger partial charge is 0.477 e. The molecule has 0 aromatic heterocycles. The molecule has 2 aromatic rings. The molecule has 0 bridgehead atoms. The maximum Gasteiger partial charge on any atom is 0.387 e. The highest BCUT2D eigenvalue weighted by Crippen LogP contribution is 2.34. The van der Waals surface area contributed by atoms with Crippen LogP contribution in [0.25, 0.3) is 0 Å². The number of nitrogens with one attached hydrogen (secondary N) is 1. The third-order valence-electron chi connectivity index (χ3n) is 3.86. The van der Waals surface area contributed by atoms with Gasteiger partial charge in [0.2, 0.25) is 0 Å². The van der Waals surface area contributed by atoms with Crippen molar-refractivity contribution in [1.82, 2.24) is 5.32 Å². The summed E-state index contributed by atoms with van der Waals surface area (Å²) in [4.78, 5) is 26.3. The highest BCUT2D eigenvalue weighted by molar-refractivity contribution is 6.08. The molecule has 0 radical (unpaired) electrons. The molecule has 1 unspecified atom stereocenters. The van der Waals surface area contributed by atoms with E-state index < -0.39 is 18.6 Å². The monoisotopic (exact) mass is 362 g/mol. The first-order chi connectivity index (χ1) is 12.5. The summed E-state index contributed by atoms with van der Waals surface area (Å²) < 4.78 is 34.8. The van der Waals surface area contributed by atoms with E-state index in [-0.39, 0.29) is 23.8 Å². The van der Waals surface area contributed by atoms with Crippen LogP contribution < -0.4 is 19.7 Å². The van der Waals surface area contributed by atoms with Crippen molar-refractivity contribution < 1.29 is 27.8 Å². The molecule has 1 N–H and O–H groups in total. The number of benzene rings is 2. The standard InChI is InChI=1S/C18H16F2N2O4/c1-21-16(23)15-10-22(13-7-2-3-8-14(13)26-15)17(24)11-5-4-6-12(9-11)25-18(19)20/h2-9,15,18H,10H2,1H3,(H,21,23). The molecule has 0 aliphatic carbocycles. The van der Waals surface area contributed by atoms with E-state index in [1.807, 2.05) is 0 Å². The van der Waals surface area contributed by atoms with Gasteiger partial charge in [0.1, 0.15) is 11.5 Å². The van der Waals surface area contributed by atoms with Gasteiger partial charge in [0.25, 0.3) is 11.8 Å². The quantitative estimate of drug-likeness (QED) is 0.907. The molecule has 0 saturated carbocycles. The summed E-state index contributed by atoms with van der Waals surface area (Å²) >= 11 is 0. The normalized spacial score (nSPS) is 15.8. The fourth-order valence-electron chi connectivity index (χ4n) is 2.69. The van der Waals surface area contributed by atoms with Gasteiger partial charge in [-0.1, -0.05) is 18.2 Å². The lowest BCUT2D eigenvalue weighted by atomic mass is 10.1. The van der Waals surface area contributed by atoms with Crippen molar-refractivity contribution in [3.63, 3.8) is 0 Å². The summed E-state index contributed by atoms with van der Waals surface area (Å²) in [5.41, 5.74) is 0.661. The second-order valence-electron chi connectivity index (χ2n) is 5.51. The van der Waals surface area contributed by atoms with E-state index in [0.717, 1.165) is 0 Å². The first kappa shape index (κ1) is 17.7. The molecule has 0 fully saturated rings. The van der Waals surface area contributed by atoms with Crippen LogP contribution in [0, 0.1) is 0 Å². The summed E-state index contributed by atoms with van der Waals surface area (Å²) in [6.45, 7) is -2.99. The Morgan fingerprint density at radius 2 is 2.00 bits per heavy atom. The fraction of sp³-hybridized carbons (Fsp3) is 0.222. The Morgan fingerprint density at radius 3 is 2.73 bits per heavy atom. The topological polar surface area (TPSA) is 67.9 Å². The minimum atomic E-state index is -2.98. The summed E-state index contributed by atoms with van der Waals surface area (Å²) in [6.07, 6.45) is -0.876. The van der Waals surface area contributed by atoms with Crippen LogP contribution in [0.3, 0.4) is 0 Å². The maximum atomic E-state index is 13.0. The van der Waals surface area contributed by atoms with E-state index in [1.165, 1.54) is 36.2 Å². The van der Waals surface area contributed by atoms with Gasteiger partial charge in [-0.05, 0) is 30.3 Å². The van der Waals surface area contributed by atoms with Crippen molar-refractivity contribution in [1.29, 1.82) is 0 Å². The Kier molecular flexibility index (Phi) is 5.01. The van der Waals surface area contributed by atoms with Crippen LogP contribution in [0.15, 0.2) is 48.5 Å². The minimum absolute atomic E-state index is 0.00451. The summed E-state index contributed by atoms with van der Waals surface area (Å²) in [6, 6.07) is 12.3. The van der Waals surface area contributed by atoms with Gasteiger partial charge in [-0.15, -0.1) is 0 Å². The first-order valence-corrected chi connectivity index (χ1v) is 7.83. The Hall–Kier alpha value is -3.16. The third-order valence-corrected chi connectivity index (χ3v) is 3.86. The molecule has 1 aliphatic heterocycles. The van der Waals surface area contributed by atoms with Crippen molar-refractivity contribution in [2.75, 3.05) is 18.5 Å². The number of rotatable bonds is 4. The number of anilines is 1. The van der Waals surface area contributed by atoms with Crippen LogP contribution in [0.1, 0.15) is 10.4 Å². The van der Waals surface area contributed by atoms with Gasteiger partial charge < -0.3 is 19.7 Å². The highest BCUT2D eigenvalue weighted by Gasteiger charge is 2.33. The smallest absolute Gasteiger partial charge is 0.387 e. The maximum absolute atomic E-state index is 13.0. The number of likely N-dealkylation sites (N-methyl/N-ethyl adjacent to an activating group) is 1. The number of carbonyl (C=O) groups is 2. The van der Waals surface area contributed by atoms with Crippen molar-refractivity contribution in [3.05, 3.63) is 54.1 Å². The number of nitrogens with zero attached hydrogens (tertiary/aromatic N) is 1. The van der Waals surface area contributed by atoms with E-state index in [1.54, 1.807) is 24.3 Å². The third kappa shape index (κ3) is 3.58. The Labute approximate surface area is 148 Å². The zero-order chi connectivity index (χ0) is 18.7. The number of ether oxygens (including phenoxy) is 2. The van der Waals surface area contributed by atoms with Gasteiger partial charge in [-0.25, -0.2) is 0 Å². The average molecular weight is 362 g/mol. The van der Waals surface area contributed by atoms with E-state index in [9.17, 15) is 18.4 Å². The van der Waals surface area contributed by atoms with E-state index in [4.69, 9.17) is 4.74 Å². The lowest BCUT2D eigenvalue weighted by Crippen LogP contribution is -2.50. The predicted octanol–water partition coefficient (Wildman–Crippen LogP) is 2.44. The van der Waals surface area contributed by atoms with Crippen molar-refractivity contribution in [2.24, 2.45) is 0 Å². The van der Waals surface area contributed by atoms with Crippen LogP contribution in [-0.4, -0.2) is 38.1 Å². The molecule has 136 valence electrons. The zero-order valence-corrected chi connectivity index (χ0v) is 13.8. The second kappa shape index (κ2) is 7.38. The Bertz CT molecular complexity index is 828. The van der Waals surface area contributed by atoms with Crippen LogP contribution in [0.2, 0.25) is 0 Å². The fourth-order valence-corrected chi connectivity index (χ4v) is 2.69. The molecule has 0 spiro atoms. The van der Waals surface area contributed by atoms with Crippen molar-refractivity contribution in [3.8, 4) is 11.5 Å². The Morgan fingerprint density at radius 1 is 1.23 bits per heavy atom. The van der Waals surface area contributed by atoms with Gasteiger partial charge >= 0.3 is 6.61 Å².